The van der Waals surface area contributed by atoms with Gasteiger partial charge in [0.1, 0.15) is 0 Å². The maximum Gasteiger partial charge on any atom is 0.371 e. The number of carboxylic acids is 1. The molecule has 1 N–H and O–H groups in total. The quantitative estimate of drug-likeness (QED) is 0.842. The van der Waals surface area contributed by atoms with Crippen LogP contribution in [0.4, 0.5) is 0 Å². The molecule has 86 valence electrons. The molecular weight excluding hydrogens is 210 g/mol. The Kier molecular flexibility index (Phi) is 2.94. The SMILES string of the molecule is O=C(O)c1cc(CN2CCCCC2=O)co1. The van der Waals surface area contributed by atoms with Crippen molar-refractivity contribution in [2.45, 2.75) is 25.8 Å². The van der Waals surface area contributed by atoms with Gasteiger partial charge in [-0.15, -0.1) is 0 Å². The summed E-state index contributed by atoms with van der Waals surface area (Å²) in [6.07, 6.45) is 3.94. The van der Waals surface area contributed by atoms with Crippen LogP contribution in [0.15, 0.2) is 16.7 Å². The Morgan fingerprint density at radius 3 is 2.94 bits per heavy atom. The summed E-state index contributed by atoms with van der Waals surface area (Å²) in [4.78, 5) is 23.9. The molecule has 1 saturated heterocycles. The second kappa shape index (κ2) is 4.38. The Morgan fingerprint density at radius 2 is 2.31 bits per heavy atom. The molecule has 16 heavy (non-hydrogen) atoms. The first-order valence-corrected chi connectivity index (χ1v) is 5.25. The zero-order chi connectivity index (χ0) is 11.5. The van der Waals surface area contributed by atoms with E-state index in [0.717, 1.165) is 24.9 Å². The largest absolute Gasteiger partial charge is 0.475 e. The number of hydrogen-bond donors (Lipinski definition) is 1. The lowest BCUT2D eigenvalue weighted by atomic mass is 10.1. The van der Waals surface area contributed by atoms with Crippen LogP contribution in [0.25, 0.3) is 0 Å². The molecule has 0 unspecified atom stereocenters. The van der Waals surface area contributed by atoms with Crippen molar-refractivity contribution in [2.24, 2.45) is 0 Å². The van der Waals surface area contributed by atoms with E-state index in [-0.39, 0.29) is 11.7 Å². The fourth-order valence-electron chi connectivity index (χ4n) is 1.82. The van der Waals surface area contributed by atoms with Crippen LogP contribution in [0.3, 0.4) is 0 Å². The Bertz CT molecular complexity index is 410. The monoisotopic (exact) mass is 223 g/mol. The summed E-state index contributed by atoms with van der Waals surface area (Å²) in [5.74, 6) is -1.04. The average molecular weight is 223 g/mol. The highest BCUT2D eigenvalue weighted by Crippen LogP contribution is 2.16. The topological polar surface area (TPSA) is 70.8 Å². The molecule has 2 rings (SSSR count). The van der Waals surface area contributed by atoms with Crippen LogP contribution < -0.4 is 0 Å². The van der Waals surface area contributed by atoms with Crippen molar-refractivity contribution in [3.63, 3.8) is 0 Å². The second-order valence-electron chi connectivity index (χ2n) is 3.90. The highest BCUT2D eigenvalue weighted by Gasteiger charge is 2.19. The lowest BCUT2D eigenvalue weighted by Gasteiger charge is -2.25. The Balaban J connectivity index is 2.02. The van der Waals surface area contributed by atoms with Gasteiger partial charge in [0.15, 0.2) is 0 Å². The van der Waals surface area contributed by atoms with E-state index >= 15 is 0 Å². The van der Waals surface area contributed by atoms with Gasteiger partial charge >= 0.3 is 5.97 Å². The van der Waals surface area contributed by atoms with E-state index in [4.69, 9.17) is 9.52 Å². The van der Waals surface area contributed by atoms with E-state index < -0.39 is 5.97 Å². The van der Waals surface area contributed by atoms with Gasteiger partial charge in [-0.3, -0.25) is 4.79 Å². The molecule has 0 saturated carbocycles. The fraction of sp³-hybridized carbons (Fsp3) is 0.455. The van der Waals surface area contributed by atoms with Crippen LogP contribution in [0.5, 0.6) is 0 Å². The van der Waals surface area contributed by atoms with Crippen molar-refractivity contribution < 1.29 is 19.1 Å². The predicted molar refractivity (Wildman–Crippen MR) is 54.9 cm³/mol. The fourth-order valence-corrected chi connectivity index (χ4v) is 1.82. The highest BCUT2D eigenvalue weighted by atomic mass is 16.4. The molecule has 0 atom stereocenters. The van der Waals surface area contributed by atoms with Gasteiger partial charge in [-0.25, -0.2) is 4.79 Å². The molecule has 5 nitrogen and oxygen atoms in total. The molecule has 1 aliphatic rings. The van der Waals surface area contributed by atoms with E-state index in [9.17, 15) is 9.59 Å². The smallest absolute Gasteiger partial charge is 0.371 e. The van der Waals surface area contributed by atoms with E-state index in [2.05, 4.69) is 0 Å². The number of nitrogens with zero attached hydrogens (tertiary/aromatic N) is 1. The normalized spacial score (nSPS) is 16.5. The molecule has 0 aromatic carbocycles. The standard InChI is InChI=1S/C11H13NO4/c13-10-3-1-2-4-12(10)6-8-5-9(11(14)15)16-7-8/h5,7H,1-4,6H2,(H,14,15). The van der Waals surface area contributed by atoms with Crippen LogP contribution in [0.1, 0.15) is 35.4 Å². The Hall–Kier alpha value is -1.78. The minimum absolute atomic E-state index is 0.0838. The minimum Gasteiger partial charge on any atom is -0.475 e. The zero-order valence-corrected chi connectivity index (χ0v) is 8.81. The van der Waals surface area contributed by atoms with Gasteiger partial charge in [-0.2, -0.15) is 0 Å². The first-order valence-electron chi connectivity index (χ1n) is 5.25. The van der Waals surface area contributed by atoms with E-state index in [1.54, 1.807) is 4.90 Å². The number of hydrogen-bond acceptors (Lipinski definition) is 3. The second-order valence-corrected chi connectivity index (χ2v) is 3.90. The number of carboxylic acid groups (broad SMARTS) is 1. The summed E-state index contributed by atoms with van der Waals surface area (Å²) in [6.45, 7) is 1.18. The predicted octanol–water partition coefficient (Wildman–Crippen LogP) is 1.49. The van der Waals surface area contributed by atoms with Crippen molar-refractivity contribution in [2.75, 3.05) is 6.54 Å². The van der Waals surface area contributed by atoms with Gasteiger partial charge < -0.3 is 14.4 Å². The highest BCUT2D eigenvalue weighted by molar-refractivity contribution is 5.84. The molecule has 1 aliphatic heterocycles. The lowest BCUT2D eigenvalue weighted by Crippen LogP contribution is -2.34. The van der Waals surface area contributed by atoms with Gasteiger partial charge in [0.2, 0.25) is 11.7 Å². The zero-order valence-electron chi connectivity index (χ0n) is 8.81. The number of likely N-dealkylation sites (tertiary alicyclic amines) is 1. The van der Waals surface area contributed by atoms with Crippen LogP contribution in [-0.4, -0.2) is 28.4 Å². The van der Waals surface area contributed by atoms with Gasteiger partial charge in [0.25, 0.3) is 0 Å². The molecule has 2 heterocycles. The molecule has 0 bridgehead atoms. The number of carbonyl (C=O) groups is 2. The molecule has 1 aromatic heterocycles. The van der Waals surface area contributed by atoms with Crippen molar-refractivity contribution in [1.29, 1.82) is 0 Å². The van der Waals surface area contributed by atoms with E-state index in [0.29, 0.717) is 13.0 Å². The van der Waals surface area contributed by atoms with Gasteiger partial charge in [-0.1, -0.05) is 0 Å². The number of aromatic carboxylic acids is 1. The Labute approximate surface area is 92.7 Å². The number of amides is 1. The molecule has 5 heteroatoms. The number of furan rings is 1. The van der Waals surface area contributed by atoms with Crippen molar-refractivity contribution in [3.8, 4) is 0 Å². The van der Waals surface area contributed by atoms with E-state index in [1.165, 1.54) is 12.3 Å². The third-order valence-electron chi connectivity index (χ3n) is 2.66. The van der Waals surface area contributed by atoms with Crippen molar-refractivity contribution in [3.05, 3.63) is 23.7 Å². The minimum atomic E-state index is -1.09. The van der Waals surface area contributed by atoms with Gasteiger partial charge in [0.05, 0.1) is 6.26 Å². The number of piperidine rings is 1. The van der Waals surface area contributed by atoms with Crippen LogP contribution in [0, 0.1) is 0 Å². The summed E-state index contributed by atoms with van der Waals surface area (Å²) in [5, 5.41) is 8.68. The van der Waals surface area contributed by atoms with Crippen LogP contribution >= 0.6 is 0 Å². The molecule has 1 amide bonds. The maximum absolute atomic E-state index is 11.5. The average Bonchev–Trinajstić information content (AvgIpc) is 2.70. The lowest BCUT2D eigenvalue weighted by molar-refractivity contribution is -0.133. The molecule has 0 spiro atoms. The third-order valence-corrected chi connectivity index (χ3v) is 2.66. The third kappa shape index (κ3) is 2.24. The summed E-state index contributed by atoms with van der Waals surface area (Å²) < 4.78 is 4.87. The first-order chi connectivity index (χ1) is 7.66. The van der Waals surface area contributed by atoms with Crippen LogP contribution in [0.2, 0.25) is 0 Å². The van der Waals surface area contributed by atoms with Gasteiger partial charge in [0, 0.05) is 25.1 Å². The summed E-state index contributed by atoms with van der Waals surface area (Å²) in [6, 6.07) is 1.46. The van der Waals surface area contributed by atoms with Crippen molar-refractivity contribution >= 4 is 11.9 Å². The molecule has 1 aromatic rings. The summed E-state index contributed by atoms with van der Waals surface area (Å²) in [7, 11) is 0. The molecule has 0 aliphatic carbocycles. The molecule has 1 fully saturated rings. The first kappa shape index (κ1) is 10.7. The molecular formula is C11H13NO4. The van der Waals surface area contributed by atoms with Crippen LogP contribution in [-0.2, 0) is 11.3 Å². The van der Waals surface area contributed by atoms with Gasteiger partial charge in [-0.05, 0) is 18.9 Å². The summed E-state index contributed by atoms with van der Waals surface area (Å²) in [5.41, 5.74) is 0.729. The number of rotatable bonds is 3. The molecule has 0 radical (unpaired) electrons. The Morgan fingerprint density at radius 1 is 1.50 bits per heavy atom. The maximum atomic E-state index is 11.5. The number of carbonyl (C=O) groups excluding carboxylic acids is 1. The van der Waals surface area contributed by atoms with Crippen molar-refractivity contribution in [1.82, 2.24) is 4.90 Å². The summed E-state index contributed by atoms with van der Waals surface area (Å²) >= 11 is 0. The van der Waals surface area contributed by atoms with E-state index in [1.807, 2.05) is 0 Å².